The number of halogens is 2. The molecule has 1 amide bonds. The van der Waals surface area contributed by atoms with Crippen LogP contribution in [0.25, 0.3) is 11.0 Å². The van der Waals surface area contributed by atoms with E-state index in [0.717, 1.165) is 11.0 Å². The van der Waals surface area contributed by atoms with Crippen LogP contribution in [0.3, 0.4) is 0 Å². The van der Waals surface area contributed by atoms with Crippen LogP contribution in [0.2, 0.25) is 10.0 Å². The van der Waals surface area contributed by atoms with Crippen molar-refractivity contribution in [3.8, 4) is 0 Å². The molecule has 0 radical (unpaired) electrons. The molecule has 1 aliphatic heterocycles. The third kappa shape index (κ3) is 3.98. The number of carbonyl (C=O) groups excluding carboxylic acids is 1. The van der Waals surface area contributed by atoms with Crippen LogP contribution in [-0.4, -0.2) is 64.5 Å². The van der Waals surface area contributed by atoms with E-state index in [1.807, 2.05) is 18.5 Å². The smallest absolute Gasteiger partial charge is 0.255 e. The number of fused-ring (bicyclic) bond motifs is 1. The molecule has 0 spiro atoms. The topological polar surface area (TPSA) is 88.4 Å². The Bertz CT molecular complexity index is 1300. The molecule has 4 rings (SSSR count). The van der Waals surface area contributed by atoms with Gasteiger partial charge in [0.05, 0.1) is 27.5 Å². The molecule has 11 heteroatoms. The normalized spacial score (nSPS) is 15.6. The number of piperazine rings is 1. The highest BCUT2D eigenvalue weighted by Gasteiger charge is 2.32. The monoisotopic (exact) mass is 495 g/mol. The van der Waals surface area contributed by atoms with Crippen LogP contribution < -0.4 is 0 Å². The minimum absolute atomic E-state index is 0.00428. The largest absolute Gasteiger partial charge is 0.336 e. The standard InChI is InChI=1S/C21H23Cl2N5O3S/c1-13(2)28-20-15(12-24-28)11-16(14(3)25-20)21(29)26-7-9-27(10-8-26)32(30,31)18-6-4-5-17(22)19(18)23/h4-6,11-13H,7-10H2,1-3H3. The van der Waals surface area contributed by atoms with Crippen molar-refractivity contribution in [2.24, 2.45) is 0 Å². The lowest BCUT2D eigenvalue weighted by Crippen LogP contribution is -2.50. The Kier molecular flexibility index (Phi) is 6.19. The second-order valence-corrected chi connectivity index (χ2v) is 10.7. The molecule has 3 heterocycles. The maximum absolute atomic E-state index is 13.2. The molecular weight excluding hydrogens is 473 g/mol. The number of pyridine rings is 1. The Morgan fingerprint density at radius 1 is 1.12 bits per heavy atom. The van der Waals surface area contributed by atoms with Gasteiger partial charge in [0.25, 0.3) is 5.91 Å². The molecule has 0 atom stereocenters. The van der Waals surface area contributed by atoms with Gasteiger partial charge in [0.15, 0.2) is 5.65 Å². The number of rotatable bonds is 4. The van der Waals surface area contributed by atoms with E-state index < -0.39 is 10.0 Å². The molecule has 0 unspecified atom stereocenters. The van der Waals surface area contributed by atoms with Crippen LogP contribution in [0.15, 0.2) is 35.4 Å². The SMILES string of the molecule is Cc1nc2c(cnn2C(C)C)cc1C(=O)N1CCN(S(=O)(=O)c2cccc(Cl)c2Cl)CC1. The fourth-order valence-electron chi connectivity index (χ4n) is 3.78. The molecule has 2 aromatic heterocycles. The van der Waals surface area contributed by atoms with Crippen molar-refractivity contribution in [1.82, 2.24) is 24.0 Å². The average Bonchev–Trinajstić information content (AvgIpc) is 3.17. The maximum atomic E-state index is 13.2. The minimum atomic E-state index is -3.82. The second kappa shape index (κ2) is 8.62. The Hall–Kier alpha value is -2.20. The molecule has 1 aliphatic rings. The van der Waals surface area contributed by atoms with Gasteiger partial charge >= 0.3 is 0 Å². The lowest BCUT2D eigenvalue weighted by atomic mass is 10.1. The number of nitrogens with zero attached hydrogens (tertiary/aromatic N) is 5. The molecular formula is C21H23Cl2N5O3S. The molecule has 1 saturated heterocycles. The third-order valence-corrected chi connectivity index (χ3v) is 8.41. The molecule has 1 aromatic carbocycles. The van der Waals surface area contributed by atoms with Gasteiger partial charge < -0.3 is 4.90 Å². The van der Waals surface area contributed by atoms with Gasteiger partial charge in [-0.1, -0.05) is 29.3 Å². The summed E-state index contributed by atoms with van der Waals surface area (Å²) in [6, 6.07) is 6.49. The zero-order chi connectivity index (χ0) is 23.2. The van der Waals surface area contributed by atoms with E-state index in [4.69, 9.17) is 23.2 Å². The van der Waals surface area contributed by atoms with Gasteiger partial charge in [-0.2, -0.15) is 9.40 Å². The summed E-state index contributed by atoms with van der Waals surface area (Å²) < 4.78 is 29.2. The zero-order valence-electron chi connectivity index (χ0n) is 17.9. The van der Waals surface area contributed by atoms with Gasteiger partial charge in [-0.15, -0.1) is 0 Å². The van der Waals surface area contributed by atoms with Gasteiger partial charge in [-0.3, -0.25) is 4.79 Å². The Balaban J connectivity index is 1.53. The predicted octanol–water partition coefficient (Wildman–Crippen LogP) is 3.77. The van der Waals surface area contributed by atoms with E-state index in [-0.39, 0.29) is 53.1 Å². The van der Waals surface area contributed by atoms with E-state index in [9.17, 15) is 13.2 Å². The molecule has 32 heavy (non-hydrogen) atoms. The van der Waals surface area contributed by atoms with E-state index in [2.05, 4.69) is 10.1 Å². The fourth-order valence-corrected chi connectivity index (χ4v) is 5.94. The summed E-state index contributed by atoms with van der Waals surface area (Å²) in [5.74, 6) is -0.174. The zero-order valence-corrected chi connectivity index (χ0v) is 20.2. The first-order valence-electron chi connectivity index (χ1n) is 10.2. The molecule has 0 N–H and O–H groups in total. The summed E-state index contributed by atoms with van der Waals surface area (Å²) in [6.45, 7) is 6.69. The molecule has 1 fully saturated rings. The summed E-state index contributed by atoms with van der Waals surface area (Å²) >= 11 is 12.1. The predicted molar refractivity (Wildman–Crippen MR) is 124 cm³/mol. The number of amides is 1. The number of aromatic nitrogens is 3. The summed E-state index contributed by atoms with van der Waals surface area (Å²) in [6.07, 6.45) is 1.71. The first-order chi connectivity index (χ1) is 15.1. The number of hydrogen-bond acceptors (Lipinski definition) is 5. The summed E-state index contributed by atoms with van der Waals surface area (Å²) in [7, 11) is -3.82. The van der Waals surface area contributed by atoms with Gasteiger partial charge in [0, 0.05) is 37.6 Å². The Labute approximate surface area is 196 Å². The lowest BCUT2D eigenvalue weighted by molar-refractivity contribution is 0.0697. The van der Waals surface area contributed by atoms with Crippen LogP contribution in [0.1, 0.15) is 35.9 Å². The average molecular weight is 496 g/mol. The maximum Gasteiger partial charge on any atom is 0.255 e. The Morgan fingerprint density at radius 2 is 1.81 bits per heavy atom. The first kappa shape index (κ1) is 23.0. The lowest BCUT2D eigenvalue weighted by Gasteiger charge is -2.34. The number of benzene rings is 1. The van der Waals surface area contributed by atoms with Gasteiger partial charge in [-0.25, -0.2) is 18.1 Å². The van der Waals surface area contributed by atoms with Gasteiger partial charge in [0.2, 0.25) is 10.0 Å². The summed E-state index contributed by atoms with van der Waals surface area (Å²) in [4.78, 5) is 19.4. The third-order valence-electron chi connectivity index (χ3n) is 5.54. The number of hydrogen-bond donors (Lipinski definition) is 0. The van der Waals surface area contributed by atoms with Crippen LogP contribution in [0.5, 0.6) is 0 Å². The highest BCUT2D eigenvalue weighted by atomic mass is 35.5. The van der Waals surface area contributed by atoms with E-state index in [1.165, 1.54) is 16.4 Å². The first-order valence-corrected chi connectivity index (χ1v) is 12.4. The second-order valence-electron chi connectivity index (χ2n) is 7.97. The number of sulfonamides is 1. The van der Waals surface area contributed by atoms with Gasteiger partial charge in [-0.05, 0) is 39.0 Å². The minimum Gasteiger partial charge on any atom is -0.336 e. The van der Waals surface area contributed by atoms with Crippen molar-refractivity contribution >= 4 is 50.2 Å². The molecule has 0 saturated carbocycles. The van der Waals surface area contributed by atoms with Crippen molar-refractivity contribution in [3.63, 3.8) is 0 Å². The van der Waals surface area contributed by atoms with Crippen molar-refractivity contribution in [2.45, 2.75) is 31.7 Å². The highest BCUT2D eigenvalue weighted by molar-refractivity contribution is 7.89. The number of aryl methyl sites for hydroxylation is 1. The van der Waals surface area contributed by atoms with Crippen LogP contribution in [-0.2, 0) is 10.0 Å². The molecule has 170 valence electrons. The van der Waals surface area contributed by atoms with Gasteiger partial charge in [0.1, 0.15) is 4.90 Å². The van der Waals surface area contributed by atoms with Crippen LogP contribution in [0.4, 0.5) is 0 Å². The highest BCUT2D eigenvalue weighted by Crippen LogP contribution is 2.31. The van der Waals surface area contributed by atoms with Crippen LogP contribution in [0, 0.1) is 6.92 Å². The van der Waals surface area contributed by atoms with Crippen molar-refractivity contribution in [3.05, 3.63) is 51.8 Å². The fraction of sp³-hybridized carbons (Fsp3) is 0.381. The summed E-state index contributed by atoms with van der Waals surface area (Å²) in [5, 5.41) is 5.34. The van der Waals surface area contributed by atoms with Crippen molar-refractivity contribution in [1.29, 1.82) is 0 Å². The van der Waals surface area contributed by atoms with Crippen molar-refractivity contribution in [2.75, 3.05) is 26.2 Å². The molecule has 3 aromatic rings. The van der Waals surface area contributed by atoms with E-state index >= 15 is 0 Å². The summed E-state index contributed by atoms with van der Waals surface area (Å²) in [5.41, 5.74) is 1.85. The quantitative estimate of drug-likeness (QED) is 0.549. The van der Waals surface area contributed by atoms with Crippen LogP contribution >= 0.6 is 23.2 Å². The van der Waals surface area contributed by atoms with Crippen molar-refractivity contribution < 1.29 is 13.2 Å². The molecule has 0 aliphatic carbocycles. The molecule has 0 bridgehead atoms. The van der Waals surface area contributed by atoms with E-state index in [1.54, 1.807) is 30.2 Å². The Morgan fingerprint density at radius 3 is 2.47 bits per heavy atom. The van der Waals surface area contributed by atoms with E-state index in [0.29, 0.717) is 11.3 Å². The molecule has 8 nitrogen and oxygen atoms in total. The number of carbonyl (C=O) groups is 1.